The fraction of sp³-hybridized carbons (Fsp3) is 0.857. The number of hydrogen-bond donors (Lipinski definition) is 3. The van der Waals surface area contributed by atoms with Gasteiger partial charge in [0.25, 0.3) is 0 Å². The summed E-state index contributed by atoms with van der Waals surface area (Å²) in [5.41, 5.74) is 10.9. The minimum Gasteiger partial charge on any atom is -0.409 e. The Labute approximate surface area is 66.2 Å². The summed E-state index contributed by atoms with van der Waals surface area (Å²) in [5, 5.41) is 11.5. The third-order valence-corrected chi connectivity index (χ3v) is 2.60. The van der Waals surface area contributed by atoms with Crippen molar-refractivity contribution in [2.24, 2.45) is 22.0 Å². The molecule has 1 rings (SSSR count). The van der Waals surface area contributed by atoms with Crippen LogP contribution in [-0.4, -0.2) is 17.6 Å². The second-order valence-corrected chi connectivity index (χ2v) is 3.18. The van der Waals surface area contributed by atoms with Crippen LogP contribution in [0.3, 0.4) is 0 Å². The van der Waals surface area contributed by atoms with E-state index < -0.39 is 0 Å². The maximum atomic E-state index is 8.50. The molecule has 1 fully saturated rings. The fourth-order valence-corrected chi connectivity index (χ4v) is 1.72. The van der Waals surface area contributed by atoms with E-state index in [0.717, 1.165) is 25.7 Å². The Hall–Kier alpha value is -0.770. The van der Waals surface area contributed by atoms with E-state index in [1.165, 1.54) is 0 Å². The monoisotopic (exact) mass is 157 g/mol. The van der Waals surface area contributed by atoms with Gasteiger partial charge in [0.1, 0.15) is 5.84 Å². The molecule has 0 aliphatic heterocycles. The van der Waals surface area contributed by atoms with Gasteiger partial charge in [0.05, 0.1) is 0 Å². The lowest BCUT2D eigenvalue weighted by Gasteiger charge is -2.24. The van der Waals surface area contributed by atoms with Crippen molar-refractivity contribution in [3.05, 3.63) is 0 Å². The highest BCUT2D eigenvalue weighted by Crippen LogP contribution is 2.36. The van der Waals surface area contributed by atoms with Gasteiger partial charge < -0.3 is 16.7 Å². The summed E-state index contributed by atoms with van der Waals surface area (Å²) in [6, 6.07) is 0. The average molecular weight is 157 g/mol. The van der Waals surface area contributed by atoms with Gasteiger partial charge in [0.2, 0.25) is 0 Å². The van der Waals surface area contributed by atoms with Crippen molar-refractivity contribution in [2.45, 2.75) is 25.7 Å². The van der Waals surface area contributed by atoms with Gasteiger partial charge in [-0.2, -0.15) is 0 Å². The lowest BCUT2D eigenvalue weighted by atomic mass is 9.85. The van der Waals surface area contributed by atoms with E-state index in [1.54, 1.807) is 0 Å². The molecular weight excluding hydrogens is 142 g/mol. The van der Waals surface area contributed by atoms with Crippen molar-refractivity contribution in [2.75, 3.05) is 6.54 Å². The van der Waals surface area contributed by atoms with Gasteiger partial charge >= 0.3 is 0 Å². The molecule has 0 amide bonds. The molecule has 64 valence electrons. The standard InChI is InChI=1S/C7H15N3O/c8-5-7(6(9)10-11)3-1-2-4-7/h11H,1-5,8H2,(H2,9,10). The maximum absolute atomic E-state index is 8.50. The highest BCUT2D eigenvalue weighted by Gasteiger charge is 2.36. The zero-order valence-electron chi connectivity index (χ0n) is 6.58. The first-order valence-electron chi connectivity index (χ1n) is 3.93. The van der Waals surface area contributed by atoms with Crippen LogP contribution in [0.1, 0.15) is 25.7 Å². The smallest absolute Gasteiger partial charge is 0.146 e. The first-order valence-corrected chi connectivity index (χ1v) is 3.93. The quantitative estimate of drug-likeness (QED) is 0.232. The molecule has 0 heterocycles. The Balaban J connectivity index is 2.74. The van der Waals surface area contributed by atoms with Gasteiger partial charge in [0.15, 0.2) is 0 Å². The first kappa shape index (κ1) is 8.33. The number of amidine groups is 1. The van der Waals surface area contributed by atoms with E-state index in [2.05, 4.69) is 5.16 Å². The third-order valence-electron chi connectivity index (χ3n) is 2.60. The summed E-state index contributed by atoms with van der Waals surface area (Å²) in [6.45, 7) is 0.489. The van der Waals surface area contributed by atoms with Crippen molar-refractivity contribution in [3.63, 3.8) is 0 Å². The molecule has 1 aliphatic rings. The number of nitrogens with zero attached hydrogens (tertiary/aromatic N) is 1. The molecule has 1 saturated carbocycles. The Kier molecular flexibility index (Phi) is 2.34. The Morgan fingerprint density at radius 3 is 2.36 bits per heavy atom. The van der Waals surface area contributed by atoms with Gasteiger partial charge in [-0.05, 0) is 12.8 Å². The molecule has 0 radical (unpaired) electrons. The molecule has 0 aromatic rings. The fourth-order valence-electron chi connectivity index (χ4n) is 1.72. The molecule has 0 saturated heterocycles. The van der Waals surface area contributed by atoms with Crippen LogP contribution in [0.2, 0.25) is 0 Å². The SMILES string of the molecule is NCC1(/C(N)=N/O)CCCC1. The summed E-state index contributed by atoms with van der Waals surface area (Å²) in [7, 11) is 0. The van der Waals surface area contributed by atoms with Crippen LogP contribution in [0.5, 0.6) is 0 Å². The molecule has 4 nitrogen and oxygen atoms in total. The van der Waals surface area contributed by atoms with Gasteiger partial charge in [0, 0.05) is 12.0 Å². The average Bonchev–Trinajstić information content (AvgIpc) is 2.52. The molecule has 0 atom stereocenters. The second kappa shape index (κ2) is 3.09. The van der Waals surface area contributed by atoms with Crippen molar-refractivity contribution in [1.82, 2.24) is 0 Å². The first-order chi connectivity index (χ1) is 5.25. The van der Waals surface area contributed by atoms with E-state index >= 15 is 0 Å². The van der Waals surface area contributed by atoms with Crippen LogP contribution >= 0.6 is 0 Å². The lowest BCUT2D eigenvalue weighted by Crippen LogP contribution is -2.41. The van der Waals surface area contributed by atoms with Gasteiger partial charge in [-0.1, -0.05) is 18.0 Å². The predicted molar refractivity (Wildman–Crippen MR) is 43.4 cm³/mol. The number of nitrogens with two attached hydrogens (primary N) is 2. The predicted octanol–water partition coefficient (Wildman–Crippen LogP) is 0.252. The molecule has 5 N–H and O–H groups in total. The van der Waals surface area contributed by atoms with Crippen LogP contribution in [0, 0.1) is 5.41 Å². The largest absolute Gasteiger partial charge is 0.409 e. The molecule has 11 heavy (non-hydrogen) atoms. The van der Waals surface area contributed by atoms with Crippen molar-refractivity contribution in [3.8, 4) is 0 Å². The Bertz CT molecular complexity index is 161. The summed E-state index contributed by atoms with van der Waals surface area (Å²) in [5.74, 6) is 0.303. The molecular formula is C7H15N3O. The maximum Gasteiger partial charge on any atom is 0.146 e. The van der Waals surface area contributed by atoms with Crippen LogP contribution in [0.4, 0.5) is 0 Å². The van der Waals surface area contributed by atoms with Crippen molar-refractivity contribution in [1.29, 1.82) is 0 Å². The minimum absolute atomic E-state index is 0.200. The third kappa shape index (κ3) is 1.30. The number of rotatable bonds is 2. The zero-order valence-corrected chi connectivity index (χ0v) is 6.58. The summed E-state index contributed by atoms with van der Waals surface area (Å²) in [4.78, 5) is 0. The molecule has 0 aromatic carbocycles. The Morgan fingerprint density at radius 1 is 1.45 bits per heavy atom. The van der Waals surface area contributed by atoms with Crippen LogP contribution in [0.15, 0.2) is 5.16 Å². The van der Waals surface area contributed by atoms with Gasteiger partial charge in [-0.25, -0.2) is 0 Å². The lowest BCUT2D eigenvalue weighted by molar-refractivity contribution is 0.303. The minimum atomic E-state index is -0.200. The second-order valence-electron chi connectivity index (χ2n) is 3.18. The summed E-state index contributed by atoms with van der Waals surface area (Å²) >= 11 is 0. The number of oxime groups is 1. The molecule has 1 aliphatic carbocycles. The number of hydrogen-bond acceptors (Lipinski definition) is 3. The zero-order chi connectivity index (χ0) is 8.32. The summed E-state index contributed by atoms with van der Waals surface area (Å²) < 4.78 is 0. The molecule has 0 aromatic heterocycles. The topological polar surface area (TPSA) is 84.6 Å². The molecule has 0 bridgehead atoms. The van der Waals surface area contributed by atoms with E-state index in [9.17, 15) is 0 Å². The molecule has 0 unspecified atom stereocenters. The van der Waals surface area contributed by atoms with E-state index in [-0.39, 0.29) is 5.41 Å². The normalized spacial score (nSPS) is 23.9. The van der Waals surface area contributed by atoms with Gasteiger partial charge in [-0.3, -0.25) is 0 Å². The van der Waals surface area contributed by atoms with E-state index in [4.69, 9.17) is 16.7 Å². The van der Waals surface area contributed by atoms with Crippen LogP contribution < -0.4 is 11.5 Å². The highest BCUT2D eigenvalue weighted by molar-refractivity contribution is 5.86. The van der Waals surface area contributed by atoms with Crippen LogP contribution in [-0.2, 0) is 0 Å². The Morgan fingerprint density at radius 2 is 2.00 bits per heavy atom. The van der Waals surface area contributed by atoms with Gasteiger partial charge in [-0.15, -0.1) is 0 Å². The molecule has 4 heteroatoms. The molecule has 0 spiro atoms. The van der Waals surface area contributed by atoms with Crippen molar-refractivity contribution < 1.29 is 5.21 Å². The highest BCUT2D eigenvalue weighted by atomic mass is 16.4. The summed E-state index contributed by atoms with van der Waals surface area (Å²) in [6.07, 6.45) is 4.18. The van der Waals surface area contributed by atoms with Crippen molar-refractivity contribution >= 4 is 5.84 Å². The van der Waals surface area contributed by atoms with E-state index in [0.29, 0.717) is 12.4 Å². The van der Waals surface area contributed by atoms with Crippen LogP contribution in [0.25, 0.3) is 0 Å². The van der Waals surface area contributed by atoms with E-state index in [1.807, 2.05) is 0 Å².